The molecule has 168 valence electrons. The third-order valence-corrected chi connectivity index (χ3v) is 5.37. The van der Waals surface area contributed by atoms with Crippen LogP contribution in [0.4, 0.5) is 10.2 Å². The fraction of sp³-hybridized carbons (Fsp3) is 0.353. The summed E-state index contributed by atoms with van der Waals surface area (Å²) in [7, 11) is -3.40. The smallest absolute Gasteiger partial charge is 0.387 e. The lowest BCUT2D eigenvalue weighted by Gasteiger charge is -2.17. The Kier molecular flexibility index (Phi) is 6.96. The van der Waals surface area contributed by atoms with Crippen LogP contribution in [0.15, 0.2) is 41.3 Å². The van der Waals surface area contributed by atoms with E-state index in [2.05, 4.69) is 19.3 Å². The second-order valence-corrected chi connectivity index (χ2v) is 7.99. The predicted octanol–water partition coefficient (Wildman–Crippen LogP) is 0.0173. The molecule has 2 heterocycles. The van der Waals surface area contributed by atoms with Crippen LogP contribution in [0.3, 0.4) is 0 Å². The maximum Gasteiger partial charge on any atom is 0.472 e. The molecule has 4 N–H and O–H groups in total. The average Bonchev–Trinajstić information content (AvgIpc) is 3.01. The molecule has 1 fully saturated rings. The predicted molar refractivity (Wildman–Crippen MR) is 102 cm³/mol. The molecule has 1 aromatic heterocycles. The number of hydrogen-bond acceptors (Lipinski definition) is 9. The van der Waals surface area contributed by atoms with Crippen LogP contribution >= 0.6 is 7.82 Å². The van der Waals surface area contributed by atoms with Crippen LogP contribution < -0.4 is 11.0 Å². The van der Waals surface area contributed by atoms with Gasteiger partial charge in [-0.1, -0.05) is 12.1 Å². The van der Waals surface area contributed by atoms with E-state index in [0.29, 0.717) is 0 Å². The zero-order valence-corrected chi connectivity index (χ0v) is 16.9. The van der Waals surface area contributed by atoms with Gasteiger partial charge in [0.05, 0.1) is 12.2 Å². The highest BCUT2D eigenvalue weighted by Crippen LogP contribution is 2.43. The Morgan fingerprint density at radius 2 is 2.03 bits per heavy atom. The summed E-state index contributed by atoms with van der Waals surface area (Å²) in [5.41, 5.74) is -1.19. The van der Waals surface area contributed by atoms with Crippen molar-refractivity contribution in [2.24, 2.45) is 0 Å². The van der Waals surface area contributed by atoms with Gasteiger partial charge in [-0.25, -0.2) is 13.8 Å². The van der Waals surface area contributed by atoms with E-state index >= 15 is 0 Å². The van der Waals surface area contributed by atoms with Crippen LogP contribution in [0.1, 0.15) is 16.6 Å². The molecule has 1 amide bonds. The summed E-state index contributed by atoms with van der Waals surface area (Å²) in [6.07, 6.45) is -4.63. The van der Waals surface area contributed by atoms with Gasteiger partial charge in [0.2, 0.25) is 0 Å². The van der Waals surface area contributed by atoms with Crippen molar-refractivity contribution in [3.8, 4) is 0 Å². The second-order valence-electron chi connectivity index (χ2n) is 6.43. The summed E-state index contributed by atoms with van der Waals surface area (Å²) < 4.78 is 40.2. The number of aliphatic hydroxyl groups excluding tert-OH is 2. The van der Waals surface area contributed by atoms with Crippen molar-refractivity contribution in [1.29, 1.82) is 0 Å². The topological polar surface area (TPSA) is 169 Å². The Labute approximate surface area is 174 Å². The molecular formula is C17H19FN3O9P. The van der Waals surface area contributed by atoms with Crippen molar-refractivity contribution < 1.29 is 42.6 Å². The minimum absolute atomic E-state index is 0.177. The number of aromatic nitrogens is 2. The van der Waals surface area contributed by atoms with E-state index in [4.69, 9.17) is 4.74 Å². The lowest BCUT2D eigenvalue weighted by atomic mass is 10.1. The van der Waals surface area contributed by atoms with Gasteiger partial charge in [-0.15, -0.1) is 0 Å². The molecule has 1 aromatic carbocycles. The van der Waals surface area contributed by atoms with E-state index in [1.54, 1.807) is 0 Å². The van der Waals surface area contributed by atoms with Crippen molar-refractivity contribution in [3.05, 3.63) is 58.4 Å². The van der Waals surface area contributed by atoms with Crippen LogP contribution in [0.25, 0.3) is 0 Å². The highest BCUT2D eigenvalue weighted by atomic mass is 31.2. The van der Waals surface area contributed by atoms with Gasteiger partial charge in [0.25, 0.3) is 5.91 Å². The SMILES string of the molecule is COP(=O)(O)OC[C@H]1O[C@@H](n2ccc(NC(=O)c3ccccc3F)nc2=O)[C@H](O)[C@@H]1O. The van der Waals surface area contributed by atoms with Crippen molar-refractivity contribution >= 4 is 19.5 Å². The summed E-state index contributed by atoms with van der Waals surface area (Å²) >= 11 is 0. The van der Waals surface area contributed by atoms with Gasteiger partial charge in [0.15, 0.2) is 6.23 Å². The number of amides is 1. The Balaban J connectivity index is 1.72. The summed E-state index contributed by atoms with van der Waals surface area (Å²) in [6.45, 7) is -0.602. The molecule has 1 unspecified atom stereocenters. The second kappa shape index (κ2) is 9.32. The zero-order valence-electron chi connectivity index (χ0n) is 16.0. The summed E-state index contributed by atoms with van der Waals surface area (Å²) in [5.74, 6) is -1.75. The van der Waals surface area contributed by atoms with Crippen LogP contribution in [-0.4, -0.2) is 62.6 Å². The Bertz CT molecular complexity index is 1070. The number of nitrogens with zero attached hydrogens (tertiary/aromatic N) is 2. The number of phosphoric acid groups is 1. The first-order chi connectivity index (χ1) is 14.6. The van der Waals surface area contributed by atoms with Crippen LogP contribution in [0.5, 0.6) is 0 Å². The highest BCUT2D eigenvalue weighted by Gasteiger charge is 2.45. The van der Waals surface area contributed by atoms with Crippen molar-refractivity contribution in [2.45, 2.75) is 24.5 Å². The normalized spacial score (nSPS) is 25.2. The molecule has 3 rings (SSSR count). The maximum absolute atomic E-state index is 13.7. The van der Waals surface area contributed by atoms with Crippen LogP contribution in [0.2, 0.25) is 0 Å². The fourth-order valence-corrected chi connectivity index (χ4v) is 3.26. The molecule has 0 bridgehead atoms. The number of phosphoric ester groups is 1. The lowest BCUT2D eigenvalue weighted by Crippen LogP contribution is -2.36. The number of aliphatic hydroxyl groups is 2. The summed E-state index contributed by atoms with van der Waals surface area (Å²) in [5, 5.41) is 22.6. The van der Waals surface area contributed by atoms with Gasteiger partial charge in [0, 0.05) is 13.3 Å². The van der Waals surface area contributed by atoms with E-state index in [0.717, 1.165) is 23.9 Å². The average molecular weight is 459 g/mol. The first-order valence-corrected chi connectivity index (χ1v) is 10.3. The standard InChI is InChI=1S/C17H19FN3O9P/c1-28-31(26,27)29-8-11-13(22)14(23)16(30-11)21-7-6-12(20-17(21)25)19-15(24)9-4-2-3-5-10(9)18/h2-7,11,13-14,16,22-23H,8H2,1H3,(H,26,27)(H,19,20,24,25)/t11-,13-,14-,16-/m1/s1. The monoisotopic (exact) mass is 459 g/mol. The van der Waals surface area contributed by atoms with Crippen molar-refractivity contribution in [3.63, 3.8) is 0 Å². The quantitative estimate of drug-likeness (QED) is 0.414. The van der Waals surface area contributed by atoms with Gasteiger partial charge in [-0.3, -0.25) is 18.4 Å². The van der Waals surface area contributed by atoms with Gasteiger partial charge < -0.3 is 25.2 Å². The molecule has 0 aliphatic carbocycles. The number of ether oxygens (including phenoxy) is 1. The molecule has 5 atom stereocenters. The van der Waals surface area contributed by atoms with E-state index < -0.39 is 56.4 Å². The number of carbonyl (C=O) groups excluding carboxylic acids is 1. The molecule has 1 saturated heterocycles. The molecule has 2 aromatic rings. The number of carbonyl (C=O) groups is 1. The first kappa shape index (κ1) is 23.2. The van der Waals surface area contributed by atoms with Crippen molar-refractivity contribution in [2.75, 3.05) is 19.0 Å². The molecule has 0 spiro atoms. The number of rotatable bonds is 7. The molecule has 31 heavy (non-hydrogen) atoms. The summed E-state index contributed by atoms with van der Waals surface area (Å²) in [4.78, 5) is 37.4. The van der Waals surface area contributed by atoms with Gasteiger partial charge >= 0.3 is 13.5 Å². The zero-order chi connectivity index (χ0) is 22.8. The van der Waals surface area contributed by atoms with Gasteiger partial charge in [0.1, 0.15) is 29.9 Å². The number of benzene rings is 1. The minimum Gasteiger partial charge on any atom is -0.387 e. The Morgan fingerprint density at radius 3 is 2.68 bits per heavy atom. The molecule has 12 nitrogen and oxygen atoms in total. The van der Waals surface area contributed by atoms with E-state index in [-0.39, 0.29) is 11.4 Å². The minimum atomic E-state index is -4.34. The Hall–Kier alpha value is -2.51. The fourth-order valence-electron chi connectivity index (χ4n) is 2.82. The maximum atomic E-state index is 13.7. The molecule has 1 aliphatic rings. The van der Waals surface area contributed by atoms with Crippen LogP contribution in [0, 0.1) is 5.82 Å². The number of anilines is 1. The number of nitrogens with one attached hydrogen (secondary N) is 1. The van der Waals surface area contributed by atoms with E-state index in [9.17, 15) is 33.7 Å². The lowest BCUT2D eigenvalue weighted by molar-refractivity contribution is -0.0546. The molecule has 14 heteroatoms. The Morgan fingerprint density at radius 1 is 1.32 bits per heavy atom. The van der Waals surface area contributed by atoms with Crippen LogP contribution in [-0.2, 0) is 18.3 Å². The van der Waals surface area contributed by atoms with Crippen molar-refractivity contribution in [1.82, 2.24) is 9.55 Å². The first-order valence-electron chi connectivity index (χ1n) is 8.82. The highest BCUT2D eigenvalue weighted by molar-refractivity contribution is 7.47. The van der Waals surface area contributed by atoms with Gasteiger partial charge in [-0.2, -0.15) is 4.98 Å². The molecule has 0 saturated carbocycles. The van der Waals surface area contributed by atoms with Gasteiger partial charge in [-0.05, 0) is 18.2 Å². The molecule has 1 aliphatic heterocycles. The molecule has 0 radical (unpaired) electrons. The van der Waals surface area contributed by atoms with E-state index in [1.165, 1.54) is 24.3 Å². The number of halogens is 1. The third-order valence-electron chi connectivity index (χ3n) is 4.43. The third kappa shape index (κ3) is 5.22. The summed E-state index contributed by atoms with van der Waals surface area (Å²) in [6, 6.07) is 6.45. The molecular weight excluding hydrogens is 440 g/mol. The number of hydrogen-bond donors (Lipinski definition) is 4. The largest absolute Gasteiger partial charge is 0.472 e. The van der Waals surface area contributed by atoms with E-state index in [1.807, 2.05) is 0 Å².